The first-order valence-electron chi connectivity index (χ1n) is 6.55. The van der Waals surface area contributed by atoms with Crippen molar-refractivity contribution in [2.75, 3.05) is 13.6 Å². The van der Waals surface area contributed by atoms with Crippen LogP contribution >= 0.6 is 0 Å². The monoisotopic (exact) mass is 263 g/mol. The summed E-state index contributed by atoms with van der Waals surface area (Å²) in [6, 6.07) is 0. The van der Waals surface area contributed by atoms with Crippen LogP contribution < -0.4 is 5.32 Å². The minimum atomic E-state index is -0.327. The molecule has 2 N–H and O–H groups in total. The largest absolute Gasteiger partial charge is 0.491 e. The van der Waals surface area contributed by atoms with Gasteiger partial charge in [0.15, 0.2) is 0 Å². The molecule has 1 aliphatic heterocycles. The molecular formula is C13H22BN3O2. The summed E-state index contributed by atoms with van der Waals surface area (Å²) in [5.74, 6) is 0. The Bertz CT molecular complexity index is 438. The molecule has 1 aromatic heterocycles. The molecule has 0 atom stereocenters. The van der Waals surface area contributed by atoms with Crippen LogP contribution in [0.3, 0.4) is 0 Å². The Morgan fingerprint density at radius 1 is 1.37 bits per heavy atom. The summed E-state index contributed by atoms with van der Waals surface area (Å²) < 4.78 is 12.1. The topological polar surface area (TPSA) is 59.2 Å². The summed E-state index contributed by atoms with van der Waals surface area (Å²) in [6.07, 6.45) is 5.67. The van der Waals surface area contributed by atoms with E-state index in [-0.39, 0.29) is 18.3 Å². The van der Waals surface area contributed by atoms with Crippen molar-refractivity contribution < 1.29 is 9.31 Å². The predicted octanol–water partition coefficient (Wildman–Crippen LogP) is 1.64. The molecule has 1 saturated heterocycles. The van der Waals surface area contributed by atoms with Crippen LogP contribution in [0.15, 0.2) is 17.9 Å². The zero-order chi connectivity index (χ0) is 14.1. The van der Waals surface area contributed by atoms with Crippen LogP contribution in [-0.4, -0.2) is 42.1 Å². The lowest BCUT2D eigenvalue weighted by atomic mass is 9.77. The average molecular weight is 263 g/mol. The van der Waals surface area contributed by atoms with Crippen molar-refractivity contribution in [2.45, 2.75) is 38.9 Å². The standard InChI is InChI=1S/C13H22BN3O2/c1-12(2)13(3,4)19-14(18-12)11(9-15-5)6-10-7-16-17-8-10/h6-8,15H,9H2,1-5H3,(H,16,17). The lowest BCUT2D eigenvalue weighted by Crippen LogP contribution is -2.41. The van der Waals surface area contributed by atoms with E-state index < -0.39 is 0 Å². The quantitative estimate of drug-likeness (QED) is 0.811. The first-order chi connectivity index (χ1) is 8.86. The van der Waals surface area contributed by atoms with E-state index in [0.717, 1.165) is 11.0 Å². The molecule has 1 aliphatic rings. The van der Waals surface area contributed by atoms with Crippen LogP contribution in [0.2, 0.25) is 0 Å². The van der Waals surface area contributed by atoms with Gasteiger partial charge >= 0.3 is 7.12 Å². The summed E-state index contributed by atoms with van der Waals surface area (Å²) in [6.45, 7) is 8.94. The molecule has 2 heterocycles. The zero-order valence-electron chi connectivity index (χ0n) is 12.3. The van der Waals surface area contributed by atoms with Gasteiger partial charge in [-0.2, -0.15) is 5.10 Å². The maximum absolute atomic E-state index is 6.07. The van der Waals surface area contributed by atoms with Crippen LogP contribution in [-0.2, 0) is 9.31 Å². The van der Waals surface area contributed by atoms with E-state index in [1.165, 1.54) is 0 Å². The zero-order valence-corrected chi connectivity index (χ0v) is 12.3. The molecule has 0 spiro atoms. The number of hydrogen-bond acceptors (Lipinski definition) is 4. The minimum absolute atomic E-state index is 0.319. The molecule has 19 heavy (non-hydrogen) atoms. The molecule has 6 heteroatoms. The van der Waals surface area contributed by atoms with Crippen molar-refractivity contribution in [3.05, 3.63) is 23.4 Å². The van der Waals surface area contributed by atoms with E-state index >= 15 is 0 Å². The first-order valence-corrected chi connectivity index (χ1v) is 6.55. The van der Waals surface area contributed by atoms with E-state index in [0.29, 0.717) is 6.54 Å². The van der Waals surface area contributed by atoms with Gasteiger partial charge in [-0.15, -0.1) is 0 Å². The third-order valence-electron chi connectivity index (χ3n) is 3.81. The van der Waals surface area contributed by atoms with Crippen LogP contribution in [0.4, 0.5) is 0 Å². The van der Waals surface area contributed by atoms with Gasteiger partial charge in [-0.3, -0.25) is 5.10 Å². The van der Waals surface area contributed by atoms with Crippen molar-refractivity contribution in [3.63, 3.8) is 0 Å². The number of nitrogens with zero attached hydrogens (tertiary/aromatic N) is 1. The van der Waals surface area contributed by atoms with Crippen molar-refractivity contribution in [1.82, 2.24) is 15.5 Å². The van der Waals surface area contributed by atoms with Gasteiger partial charge in [-0.05, 0) is 40.2 Å². The highest BCUT2D eigenvalue weighted by Gasteiger charge is 2.52. The molecule has 0 unspecified atom stereocenters. The van der Waals surface area contributed by atoms with E-state index in [1.54, 1.807) is 6.20 Å². The highest BCUT2D eigenvalue weighted by Crippen LogP contribution is 2.38. The second-order valence-corrected chi connectivity index (χ2v) is 5.87. The molecule has 0 saturated carbocycles. The fraction of sp³-hybridized carbons (Fsp3) is 0.615. The Hall–Kier alpha value is -1.11. The number of H-pyrrole nitrogens is 1. The van der Waals surface area contributed by atoms with E-state index in [9.17, 15) is 0 Å². The van der Waals surface area contributed by atoms with E-state index in [2.05, 4.69) is 43.2 Å². The number of nitrogens with one attached hydrogen (secondary N) is 2. The summed E-state index contributed by atoms with van der Waals surface area (Å²) in [7, 11) is 1.58. The Labute approximate surface area is 114 Å². The molecule has 0 radical (unpaired) electrons. The molecule has 2 rings (SSSR count). The maximum Gasteiger partial charge on any atom is 0.491 e. The Morgan fingerprint density at radius 2 is 2.00 bits per heavy atom. The Morgan fingerprint density at radius 3 is 2.47 bits per heavy atom. The average Bonchev–Trinajstić information content (AvgIpc) is 2.85. The number of likely N-dealkylation sites (N-methyl/N-ethyl adjacent to an activating group) is 1. The summed E-state index contributed by atoms with van der Waals surface area (Å²) in [5, 5.41) is 9.90. The van der Waals surface area contributed by atoms with Gasteiger partial charge in [-0.25, -0.2) is 0 Å². The number of aromatic nitrogens is 2. The van der Waals surface area contributed by atoms with Crippen molar-refractivity contribution in [3.8, 4) is 0 Å². The van der Waals surface area contributed by atoms with E-state index in [4.69, 9.17) is 9.31 Å². The third-order valence-corrected chi connectivity index (χ3v) is 3.81. The summed E-state index contributed by atoms with van der Waals surface area (Å²) in [5.41, 5.74) is 1.43. The van der Waals surface area contributed by atoms with E-state index in [1.807, 2.05) is 19.3 Å². The van der Waals surface area contributed by atoms with Gasteiger partial charge in [0.05, 0.1) is 17.4 Å². The molecule has 0 aliphatic carbocycles. The minimum Gasteiger partial charge on any atom is -0.400 e. The molecule has 0 bridgehead atoms. The second-order valence-electron chi connectivity index (χ2n) is 5.87. The molecule has 0 aromatic carbocycles. The molecule has 0 amide bonds. The van der Waals surface area contributed by atoms with Gasteiger partial charge in [0, 0.05) is 18.3 Å². The molecular weight excluding hydrogens is 241 g/mol. The Balaban J connectivity index is 2.23. The number of hydrogen-bond donors (Lipinski definition) is 2. The fourth-order valence-electron chi connectivity index (χ4n) is 1.95. The van der Waals surface area contributed by atoms with Crippen LogP contribution in [0, 0.1) is 0 Å². The predicted molar refractivity (Wildman–Crippen MR) is 76.6 cm³/mol. The SMILES string of the molecule is CNCC(=Cc1cn[nH]c1)B1OC(C)(C)C(C)(C)O1. The molecule has 5 nitrogen and oxygen atoms in total. The number of aromatic amines is 1. The van der Waals surface area contributed by atoms with Gasteiger partial charge < -0.3 is 14.6 Å². The van der Waals surface area contributed by atoms with Gasteiger partial charge in [-0.1, -0.05) is 6.08 Å². The summed E-state index contributed by atoms with van der Waals surface area (Å²) >= 11 is 0. The normalized spacial score (nSPS) is 21.9. The van der Waals surface area contributed by atoms with Crippen molar-refractivity contribution in [1.29, 1.82) is 0 Å². The van der Waals surface area contributed by atoms with Gasteiger partial charge in [0.2, 0.25) is 0 Å². The Kier molecular flexibility index (Phi) is 3.85. The van der Waals surface area contributed by atoms with Crippen LogP contribution in [0.1, 0.15) is 33.3 Å². The lowest BCUT2D eigenvalue weighted by Gasteiger charge is -2.32. The van der Waals surface area contributed by atoms with Crippen molar-refractivity contribution >= 4 is 13.2 Å². The van der Waals surface area contributed by atoms with Gasteiger partial charge in [0.25, 0.3) is 0 Å². The van der Waals surface area contributed by atoms with Crippen molar-refractivity contribution in [2.24, 2.45) is 0 Å². The lowest BCUT2D eigenvalue weighted by molar-refractivity contribution is 0.00578. The number of rotatable bonds is 4. The summed E-state index contributed by atoms with van der Waals surface area (Å²) in [4.78, 5) is 0. The molecule has 1 fully saturated rings. The smallest absolute Gasteiger partial charge is 0.400 e. The molecule has 1 aromatic rings. The highest BCUT2D eigenvalue weighted by atomic mass is 16.7. The third kappa shape index (κ3) is 2.91. The maximum atomic E-state index is 6.07. The van der Waals surface area contributed by atoms with Gasteiger partial charge in [0.1, 0.15) is 0 Å². The van der Waals surface area contributed by atoms with Crippen LogP contribution in [0.5, 0.6) is 0 Å². The fourth-order valence-corrected chi connectivity index (χ4v) is 1.95. The second kappa shape index (κ2) is 5.11. The molecule has 104 valence electrons. The highest BCUT2D eigenvalue weighted by molar-refractivity contribution is 6.55. The first kappa shape index (κ1) is 14.3. The van der Waals surface area contributed by atoms with Crippen LogP contribution in [0.25, 0.3) is 6.08 Å².